The minimum atomic E-state index is -3.82. The predicted octanol–water partition coefficient (Wildman–Crippen LogP) is 1.59. The molecule has 1 fully saturated rings. The van der Waals surface area contributed by atoms with E-state index in [9.17, 15) is 13.2 Å². The molecule has 0 saturated heterocycles. The molecule has 1 aliphatic carbocycles. The molecule has 2 rings (SSSR count). The van der Waals surface area contributed by atoms with Crippen molar-refractivity contribution in [2.45, 2.75) is 23.8 Å². The molecule has 0 aliphatic heterocycles. The van der Waals surface area contributed by atoms with Crippen molar-refractivity contribution in [1.29, 1.82) is 0 Å². The van der Waals surface area contributed by atoms with Crippen LogP contribution in [0.3, 0.4) is 0 Å². The van der Waals surface area contributed by atoms with Crippen LogP contribution in [0.5, 0.6) is 0 Å². The number of hydrogen-bond donors (Lipinski definition) is 2. The second-order valence-electron chi connectivity index (χ2n) is 4.21. The standard InChI is InChI=1S/C11H12BrNO4S/c12-8-3-1-2-4-9(8)18(16,17)13-10(11(14)15)7-5-6-7/h1-4,7,10,13H,5-6H2,(H,14,15). The van der Waals surface area contributed by atoms with Crippen LogP contribution in [0.25, 0.3) is 0 Å². The first-order chi connectivity index (χ1) is 8.42. The van der Waals surface area contributed by atoms with E-state index >= 15 is 0 Å². The minimum absolute atomic E-state index is 0.0527. The zero-order valence-corrected chi connectivity index (χ0v) is 11.7. The zero-order valence-electron chi connectivity index (χ0n) is 9.34. The summed E-state index contributed by atoms with van der Waals surface area (Å²) in [5, 5.41) is 9.02. The normalized spacial score (nSPS) is 17.4. The van der Waals surface area contributed by atoms with Gasteiger partial charge in [-0.15, -0.1) is 0 Å². The maximum absolute atomic E-state index is 12.1. The number of nitrogens with one attached hydrogen (secondary N) is 1. The first-order valence-corrected chi connectivity index (χ1v) is 7.69. The molecule has 0 radical (unpaired) electrons. The predicted molar refractivity (Wildman–Crippen MR) is 68.6 cm³/mol. The largest absolute Gasteiger partial charge is 0.480 e. The summed E-state index contributed by atoms with van der Waals surface area (Å²) in [6, 6.07) is 5.27. The van der Waals surface area contributed by atoms with Crippen molar-refractivity contribution in [2.24, 2.45) is 5.92 Å². The van der Waals surface area contributed by atoms with Gasteiger partial charge in [0.15, 0.2) is 0 Å². The fourth-order valence-electron chi connectivity index (χ4n) is 1.67. The number of hydrogen-bond acceptors (Lipinski definition) is 3. The summed E-state index contributed by atoms with van der Waals surface area (Å²) in [5.41, 5.74) is 0. The lowest BCUT2D eigenvalue weighted by Crippen LogP contribution is -2.42. The molecule has 0 spiro atoms. The third kappa shape index (κ3) is 2.90. The average molecular weight is 334 g/mol. The molecule has 5 nitrogen and oxygen atoms in total. The molecule has 2 N–H and O–H groups in total. The Morgan fingerprint density at radius 3 is 2.50 bits per heavy atom. The lowest BCUT2D eigenvalue weighted by atomic mass is 10.2. The molecule has 1 aliphatic rings. The van der Waals surface area contributed by atoms with E-state index in [-0.39, 0.29) is 10.8 Å². The topological polar surface area (TPSA) is 83.5 Å². The van der Waals surface area contributed by atoms with Gasteiger partial charge in [-0.1, -0.05) is 12.1 Å². The molecule has 0 aromatic heterocycles. The molecule has 7 heteroatoms. The van der Waals surface area contributed by atoms with E-state index in [0.717, 1.165) is 12.8 Å². The van der Waals surface area contributed by atoms with Crippen molar-refractivity contribution in [3.8, 4) is 0 Å². The van der Waals surface area contributed by atoms with Crippen LogP contribution in [0.1, 0.15) is 12.8 Å². The Hall–Kier alpha value is -0.920. The fraction of sp³-hybridized carbons (Fsp3) is 0.364. The summed E-state index contributed by atoms with van der Waals surface area (Å²) < 4.78 is 26.9. The summed E-state index contributed by atoms with van der Waals surface area (Å²) in [6.45, 7) is 0. The van der Waals surface area contributed by atoms with Gasteiger partial charge in [-0.25, -0.2) is 8.42 Å². The van der Waals surface area contributed by atoms with Gasteiger partial charge in [0.25, 0.3) is 0 Å². The Bertz CT molecular complexity index is 568. The highest BCUT2D eigenvalue weighted by Gasteiger charge is 2.39. The highest BCUT2D eigenvalue weighted by molar-refractivity contribution is 9.10. The molecule has 18 heavy (non-hydrogen) atoms. The smallest absolute Gasteiger partial charge is 0.322 e. The van der Waals surface area contributed by atoms with Gasteiger partial charge in [0.2, 0.25) is 10.0 Å². The van der Waals surface area contributed by atoms with Crippen molar-refractivity contribution < 1.29 is 18.3 Å². The van der Waals surface area contributed by atoms with Gasteiger partial charge in [-0.2, -0.15) is 4.72 Å². The van der Waals surface area contributed by atoms with Crippen molar-refractivity contribution in [3.05, 3.63) is 28.7 Å². The highest BCUT2D eigenvalue weighted by atomic mass is 79.9. The molecule has 1 aromatic rings. The van der Waals surface area contributed by atoms with Crippen molar-refractivity contribution in [1.82, 2.24) is 4.72 Å². The Morgan fingerprint density at radius 1 is 1.39 bits per heavy atom. The van der Waals surface area contributed by atoms with Gasteiger partial charge < -0.3 is 5.11 Å². The molecule has 1 saturated carbocycles. The van der Waals surface area contributed by atoms with Gasteiger partial charge >= 0.3 is 5.97 Å². The van der Waals surface area contributed by atoms with Crippen LogP contribution in [-0.2, 0) is 14.8 Å². The Balaban J connectivity index is 2.26. The van der Waals surface area contributed by atoms with E-state index in [4.69, 9.17) is 5.11 Å². The van der Waals surface area contributed by atoms with Gasteiger partial charge in [0, 0.05) is 4.47 Å². The molecular weight excluding hydrogens is 322 g/mol. The first kappa shape index (κ1) is 13.5. The number of carboxylic acids is 1. The quantitative estimate of drug-likeness (QED) is 0.857. The van der Waals surface area contributed by atoms with Crippen LogP contribution in [0.4, 0.5) is 0 Å². The van der Waals surface area contributed by atoms with Gasteiger partial charge in [-0.3, -0.25) is 4.79 Å². The molecule has 0 amide bonds. The number of aliphatic carboxylic acids is 1. The average Bonchev–Trinajstić information content (AvgIpc) is 3.10. The molecule has 0 bridgehead atoms. The third-order valence-electron chi connectivity index (χ3n) is 2.77. The minimum Gasteiger partial charge on any atom is -0.480 e. The van der Waals surface area contributed by atoms with Crippen molar-refractivity contribution in [3.63, 3.8) is 0 Å². The Morgan fingerprint density at radius 2 is 2.00 bits per heavy atom. The number of rotatable bonds is 5. The summed E-state index contributed by atoms with van der Waals surface area (Å²) in [7, 11) is -3.82. The van der Waals surface area contributed by atoms with E-state index in [1.165, 1.54) is 6.07 Å². The Labute approximate surface area is 113 Å². The summed E-state index contributed by atoms with van der Waals surface area (Å²) >= 11 is 3.15. The number of halogens is 1. The van der Waals surface area contributed by atoms with Gasteiger partial charge in [0.1, 0.15) is 6.04 Å². The molecule has 1 atom stereocenters. The first-order valence-electron chi connectivity index (χ1n) is 5.41. The number of carbonyl (C=O) groups is 1. The van der Waals surface area contributed by atoms with Crippen LogP contribution in [0.15, 0.2) is 33.6 Å². The molecule has 0 heterocycles. The SMILES string of the molecule is O=C(O)C(NS(=O)(=O)c1ccccc1Br)C1CC1. The number of benzene rings is 1. The van der Waals surface area contributed by atoms with E-state index in [1.54, 1.807) is 18.2 Å². The van der Waals surface area contributed by atoms with Crippen LogP contribution in [0.2, 0.25) is 0 Å². The Kier molecular flexibility index (Phi) is 3.74. The van der Waals surface area contributed by atoms with E-state index in [0.29, 0.717) is 4.47 Å². The molecule has 1 aromatic carbocycles. The van der Waals surface area contributed by atoms with Crippen LogP contribution in [0, 0.1) is 5.92 Å². The third-order valence-corrected chi connectivity index (χ3v) is 5.22. The fourth-order valence-corrected chi connectivity index (χ4v) is 3.93. The van der Waals surface area contributed by atoms with Gasteiger partial charge in [-0.05, 0) is 46.8 Å². The lowest BCUT2D eigenvalue weighted by Gasteiger charge is -2.14. The summed E-state index contributed by atoms with van der Waals surface area (Å²) in [5.74, 6) is -1.23. The summed E-state index contributed by atoms with van der Waals surface area (Å²) in [6.07, 6.45) is 1.49. The zero-order chi connectivity index (χ0) is 13.3. The van der Waals surface area contributed by atoms with Crippen LogP contribution < -0.4 is 4.72 Å². The van der Waals surface area contributed by atoms with Crippen molar-refractivity contribution in [2.75, 3.05) is 0 Å². The molecular formula is C11H12BrNO4S. The lowest BCUT2D eigenvalue weighted by molar-refractivity contribution is -0.139. The van der Waals surface area contributed by atoms with Crippen molar-refractivity contribution >= 4 is 31.9 Å². The highest BCUT2D eigenvalue weighted by Crippen LogP contribution is 2.33. The maximum Gasteiger partial charge on any atom is 0.322 e. The van der Waals surface area contributed by atoms with Crippen LogP contribution >= 0.6 is 15.9 Å². The van der Waals surface area contributed by atoms with E-state index in [2.05, 4.69) is 20.7 Å². The number of sulfonamides is 1. The summed E-state index contributed by atoms with van der Waals surface area (Å²) in [4.78, 5) is 11.1. The monoisotopic (exact) mass is 333 g/mol. The second-order valence-corrected chi connectivity index (χ2v) is 6.74. The van der Waals surface area contributed by atoms with E-state index in [1.807, 2.05) is 0 Å². The molecule has 1 unspecified atom stereocenters. The second kappa shape index (κ2) is 4.99. The van der Waals surface area contributed by atoms with Crippen LogP contribution in [-0.4, -0.2) is 25.5 Å². The molecule has 98 valence electrons. The van der Waals surface area contributed by atoms with Gasteiger partial charge in [0.05, 0.1) is 4.90 Å². The maximum atomic E-state index is 12.1. The number of carboxylic acid groups (broad SMARTS) is 1. The van der Waals surface area contributed by atoms with E-state index < -0.39 is 22.0 Å².